The van der Waals surface area contributed by atoms with Crippen LogP contribution in [0.2, 0.25) is 0 Å². The van der Waals surface area contributed by atoms with Gasteiger partial charge in [0.15, 0.2) is 0 Å². The van der Waals surface area contributed by atoms with Crippen LogP contribution in [-0.2, 0) is 5.41 Å². The van der Waals surface area contributed by atoms with Crippen LogP contribution in [0.3, 0.4) is 0 Å². The molecule has 2 aliphatic heterocycles. The Kier molecular flexibility index (Phi) is 5.68. The first-order valence-corrected chi connectivity index (χ1v) is 10.7. The third-order valence-electron chi connectivity index (χ3n) is 6.67. The molecule has 0 radical (unpaired) electrons. The number of hydrogen-bond acceptors (Lipinski definition) is 3. The van der Waals surface area contributed by atoms with Crippen molar-refractivity contribution in [2.75, 3.05) is 49.5 Å². The Hall–Kier alpha value is -2.00. The van der Waals surface area contributed by atoms with Crippen LogP contribution in [0.5, 0.6) is 0 Å². The van der Waals surface area contributed by atoms with Gasteiger partial charge >= 0.3 is 0 Å². The molecule has 1 fully saturated rings. The zero-order chi connectivity index (χ0) is 18.5. The number of benzene rings is 2. The van der Waals surface area contributed by atoms with Gasteiger partial charge in [0.2, 0.25) is 0 Å². The van der Waals surface area contributed by atoms with E-state index < -0.39 is 0 Å². The summed E-state index contributed by atoms with van der Waals surface area (Å²) in [5.41, 5.74) is 4.62. The van der Waals surface area contributed by atoms with Gasteiger partial charge in [0.25, 0.3) is 0 Å². The van der Waals surface area contributed by atoms with Gasteiger partial charge in [-0.3, -0.25) is 4.90 Å². The van der Waals surface area contributed by atoms with Crippen LogP contribution in [0, 0.1) is 0 Å². The molecule has 2 aromatic rings. The van der Waals surface area contributed by atoms with Gasteiger partial charge in [0, 0.05) is 49.5 Å². The van der Waals surface area contributed by atoms with Crippen LogP contribution in [-0.4, -0.2) is 44.2 Å². The number of para-hydroxylation sites is 2. The molecule has 1 N–H and O–H groups in total. The van der Waals surface area contributed by atoms with Crippen molar-refractivity contribution in [2.45, 2.75) is 38.0 Å². The number of piperazine rings is 1. The van der Waals surface area contributed by atoms with Crippen LogP contribution in [0.1, 0.15) is 38.2 Å². The average Bonchev–Trinajstić information content (AvgIpc) is 3.12. The Morgan fingerprint density at radius 3 is 2.41 bits per heavy atom. The summed E-state index contributed by atoms with van der Waals surface area (Å²) >= 11 is 0. The number of fused-ring (bicyclic) bond motifs is 1. The summed E-state index contributed by atoms with van der Waals surface area (Å²) in [5.74, 6) is 0. The number of anilines is 2. The molecular formula is C24H33N3. The van der Waals surface area contributed by atoms with Gasteiger partial charge in [-0.1, -0.05) is 49.7 Å². The smallest absolute Gasteiger partial charge is 0.0379 e. The summed E-state index contributed by atoms with van der Waals surface area (Å²) in [6.07, 6.45) is 5.17. The maximum absolute atomic E-state index is 3.64. The Bertz CT molecular complexity index is 721. The van der Waals surface area contributed by atoms with E-state index in [1.807, 2.05) is 0 Å². The van der Waals surface area contributed by atoms with E-state index in [4.69, 9.17) is 0 Å². The molecule has 2 aromatic carbocycles. The highest BCUT2D eigenvalue weighted by atomic mass is 15.3. The fraction of sp³-hybridized carbons (Fsp3) is 0.500. The zero-order valence-electron chi connectivity index (χ0n) is 16.7. The molecular weight excluding hydrogens is 330 g/mol. The molecule has 1 atom stereocenters. The molecule has 2 heterocycles. The summed E-state index contributed by atoms with van der Waals surface area (Å²) in [6, 6.07) is 19.8. The number of nitrogens with zero attached hydrogens (tertiary/aromatic N) is 2. The molecule has 0 aromatic heterocycles. The lowest BCUT2D eigenvalue weighted by atomic mass is 9.76. The highest BCUT2D eigenvalue weighted by molar-refractivity contribution is 5.60. The van der Waals surface area contributed by atoms with Gasteiger partial charge in [0.1, 0.15) is 0 Å². The van der Waals surface area contributed by atoms with Gasteiger partial charge in [-0.05, 0) is 49.6 Å². The summed E-state index contributed by atoms with van der Waals surface area (Å²) in [4.78, 5) is 5.17. The predicted octanol–water partition coefficient (Wildman–Crippen LogP) is 4.75. The normalized spacial score (nSPS) is 22.5. The van der Waals surface area contributed by atoms with E-state index in [0.29, 0.717) is 5.41 Å². The molecule has 1 saturated heterocycles. The van der Waals surface area contributed by atoms with Gasteiger partial charge in [-0.25, -0.2) is 0 Å². The van der Waals surface area contributed by atoms with E-state index in [9.17, 15) is 0 Å². The Morgan fingerprint density at radius 1 is 0.889 bits per heavy atom. The maximum atomic E-state index is 3.64. The lowest BCUT2D eigenvalue weighted by molar-refractivity contribution is 0.248. The van der Waals surface area contributed by atoms with Crippen molar-refractivity contribution in [3.63, 3.8) is 0 Å². The molecule has 1 unspecified atom stereocenters. The molecule has 0 amide bonds. The number of nitrogens with one attached hydrogen (secondary N) is 1. The lowest BCUT2D eigenvalue weighted by Crippen LogP contribution is -2.46. The second-order valence-corrected chi connectivity index (χ2v) is 8.15. The van der Waals surface area contributed by atoms with Crippen LogP contribution in [0.4, 0.5) is 11.4 Å². The second-order valence-electron chi connectivity index (χ2n) is 8.15. The SMILES string of the molecule is CCC1(CCCCN2CCN(c3ccccc3)CC2)CNc2ccccc21. The molecule has 3 nitrogen and oxygen atoms in total. The molecule has 27 heavy (non-hydrogen) atoms. The van der Waals surface area contributed by atoms with Gasteiger partial charge in [-0.2, -0.15) is 0 Å². The van der Waals surface area contributed by atoms with E-state index >= 15 is 0 Å². The average molecular weight is 364 g/mol. The van der Waals surface area contributed by atoms with E-state index in [2.05, 4.69) is 76.6 Å². The van der Waals surface area contributed by atoms with Crippen molar-refractivity contribution in [3.05, 3.63) is 60.2 Å². The van der Waals surface area contributed by atoms with Crippen molar-refractivity contribution < 1.29 is 0 Å². The fourth-order valence-corrected chi connectivity index (χ4v) is 4.84. The minimum Gasteiger partial charge on any atom is -0.384 e. The summed E-state index contributed by atoms with van der Waals surface area (Å²) < 4.78 is 0. The summed E-state index contributed by atoms with van der Waals surface area (Å²) in [7, 11) is 0. The molecule has 0 bridgehead atoms. The third kappa shape index (κ3) is 3.98. The highest BCUT2D eigenvalue weighted by Gasteiger charge is 2.36. The molecule has 0 aliphatic carbocycles. The van der Waals surface area contributed by atoms with Crippen molar-refractivity contribution in [1.29, 1.82) is 0 Å². The van der Waals surface area contributed by atoms with Crippen LogP contribution in [0.25, 0.3) is 0 Å². The van der Waals surface area contributed by atoms with Gasteiger partial charge < -0.3 is 10.2 Å². The molecule has 3 heteroatoms. The second kappa shape index (κ2) is 8.35. The predicted molar refractivity (Wildman–Crippen MR) is 116 cm³/mol. The topological polar surface area (TPSA) is 18.5 Å². The summed E-state index contributed by atoms with van der Waals surface area (Å²) in [6.45, 7) is 9.40. The first-order valence-electron chi connectivity index (χ1n) is 10.7. The van der Waals surface area contributed by atoms with Crippen LogP contribution >= 0.6 is 0 Å². The molecule has 4 rings (SSSR count). The largest absolute Gasteiger partial charge is 0.384 e. The molecule has 2 aliphatic rings. The van der Waals surface area contributed by atoms with Crippen LogP contribution in [0.15, 0.2) is 54.6 Å². The van der Waals surface area contributed by atoms with Crippen molar-refractivity contribution in [2.24, 2.45) is 0 Å². The van der Waals surface area contributed by atoms with Crippen molar-refractivity contribution >= 4 is 11.4 Å². The monoisotopic (exact) mass is 363 g/mol. The molecule has 144 valence electrons. The minimum absolute atomic E-state index is 0.350. The number of unbranched alkanes of at least 4 members (excludes halogenated alkanes) is 1. The zero-order valence-corrected chi connectivity index (χ0v) is 16.7. The van der Waals surface area contributed by atoms with Crippen LogP contribution < -0.4 is 10.2 Å². The van der Waals surface area contributed by atoms with Crippen molar-refractivity contribution in [1.82, 2.24) is 4.90 Å². The standard InChI is InChI=1S/C24H33N3/c1-2-24(20-25-23-13-7-6-12-22(23)24)14-8-9-15-26-16-18-27(19-17-26)21-10-4-3-5-11-21/h3-7,10-13,25H,2,8-9,14-20H2,1H3. The van der Waals surface area contributed by atoms with Gasteiger partial charge in [-0.15, -0.1) is 0 Å². The summed E-state index contributed by atoms with van der Waals surface area (Å²) in [5, 5.41) is 3.64. The fourth-order valence-electron chi connectivity index (χ4n) is 4.84. The van der Waals surface area contributed by atoms with E-state index in [0.717, 1.165) is 19.6 Å². The Morgan fingerprint density at radius 2 is 1.63 bits per heavy atom. The lowest BCUT2D eigenvalue weighted by Gasteiger charge is -2.36. The van der Waals surface area contributed by atoms with Crippen molar-refractivity contribution in [3.8, 4) is 0 Å². The highest BCUT2D eigenvalue weighted by Crippen LogP contribution is 2.42. The Balaban J connectivity index is 1.22. The quantitative estimate of drug-likeness (QED) is 0.716. The Labute approximate surface area is 164 Å². The van der Waals surface area contributed by atoms with E-state index in [1.165, 1.54) is 56.7 Å². The maximum Gasteiger partial charge on any atom is 0.0379 e. The molecule has 0 spiro atoms. The molecule has 0 saturated carbocycles. The first-order chi connectivity index (χ1) is 13.3. The number of hydrogen-bond donors (Lipinski definition) is 1. The first kappa shape index (κ1) is 18.4. The number of rotatable bonds is 7. The van der Waals surface area contributed by atoms with E-state index in [1.54, 1.807) is 5.56 Å². The minimum atomic E-state index is 0.350. The van der Waals surface area contributed by atoms with Gasteiger partial charge in [0.05, 0.1) is 0 Å². The van der Waals surface area contributed by atoms with E-state index in [-0.39, 0.29) is 0 Å². The third-order valence-corrected chi connectivity index (χ3v) is 6.67.